The Kier molecular flexibility index (Phi) is 6.36. The Balaban J connectivity index is 0.000000142. The first-order valence-corrected chi connectivity index (χ1v) is 12.0. The van der Waals surface area contributed by atoms with E-state index >= 15 is 0 Å². The van der Waals surface area contributed by atoms with Crippen molar-refractivity contribution < 1.29 is 9.59 Å². The molecule has 0 saturated carbocycles. The molecule has 0 heterocycles. The normalized spacial score (nSPS) is 18.2. The summed E-state index contributed by atoms with van der Waals surface area (Å²) in [4.78, 5) is 23.9. The standard InChI is InChI=1S/2C15H11ClO/c2*16-11-6-7-12-13(9-15(17)14(12)8-11)10-4-2-1-3-5-10/h2*1-8,13H,9H2/t13-;/m1./s1. The predicted molar refractivity (Wildman–Crippen MR) is 137 cm³/mol. The van der Waals surface area contributed by atoms with Gasteiger partial charge in [-0.25, -0.2) is 0 Å². The molecule has 0 fully saturated rings. The number of carbonyl (C=O) groups is 2. The van der Waals surface area contributed by atoms with Crippen LogP contribution in [0.25, 0.3) is 0 Å². The van der Waals surface area contributed by atoms with Crippen molar-refractivity contribution in [2.45, 2.75) is 24.7 Å². The molecule has 4 aromatic carbocycles. The summed E-state index contributed by atoms with van der Waals surface area (Å²) in [5, 5.41) is 1.26. The van der Waals surface area contributed by atoms with Gasteiger partial charge in [0.1, 0.15) is 0 Å². The van der Waals surface area contributed by atoms with E-state index < -0.39 is 0 Å². The van der Waals surface area contributed by atoms with E-state index in [1.54, 1.807) is 12.1 Å². The topological polar surface area (TPSA) is 34.1 Å². The van der Waals surface area contributed by atoms with Gasteiger partial charge in [-0.2, -0.15) is 0 Å². The van der Waals surface area contributed by atoms with E-state index in [9.17, 15) is 9.59 Å². The summed E-state index contributed by atoms with van der Waals surface area (Å²) in [5.74, 6) is 0.764. The third kappa shape index (κ3) is 4.44. The van der Waals surface area contributed by atoms with Crippen LogP contribution in [0.15, 0.2) is 97.1 Å². The van der Waals surface area contributed by atoms with Gasteiger partial charge in [0.2, 0.25) is 0 Å². The zero-order valence-corrected chi connectivity index (χ0v) is 19.9. The second kappa shape index (κ2) is 9.58. The zero-order valence-electron chi connectivity index (χ0n) is 18.4. The first-order valence-electron chi connectivity index (χ1n) is 11.3. The smallest absolute Gasteiger partial charge is 0.164 e. The summed E-state index contributed by atoms with van der Waals surface area (Å²) < 4.78 is 0. The fourth-order valence-electron chi connectivity index (χ4n) is 4.92. The highest BCUT2D eigenvalue weighted by Crippen LogP contribution is 2.40. The molecular weight excluding hydrogens is 463 g/mol. The highest BCUT2D eigenvalue weighted by atomic mass is 35.5. The van der Waals surface area contributed by atoms with Crippen molar-refractivity contribution in [3.63, 3.8) is 0 Å². The number of fused-ring (bicyclic) bond motifs is 2. The number of carbonyl (C=O) groups excluding carboxylic acids is 2. The molecule has 0 bridgehead atoms. The lowest BCUT2D eigenvalue weighted by atomic mass is 9.93. The van der Waals surface area contributed by atoms with Crippen LogP contribution in [0.5, 0.6) is 0 Å². The second-order valence-electron chi connectivity index (χ2n) is 8.64. The van der Waals surface area contributed by atoms with E-state index in [-0.39, 0.29) is 23.4 Å². The number of halogens is 2. The lowest BCUT2D eigenvalue weighted by Gasteiger charge is -2.10. The fourth-order valence-corrected chi connectivity index (χ4v) is 5.27. The molecule has 2 aliphatic carbocycles. The van der Waals surface area contributed by atoms with Crippen molar-refractivity contribution in [3.8, 4) is 0 Å². The van der Waals surface area contributed by atoms with E-state index in [2.05, 4.69) is 24.3 Å². The largest absolute Gasteiger partial charge is 0.294 e. The van der Waals surface area contributed by atoms with Gasteiger partial charge < -0.3 is 0 Å². The Hall–Kier alpha value is -3.20. The summed E-state index contributed by atoms with van der Waals surface area (Å²) in [6.45, 7) is 0. The van der Waals surface area contributed by atoms with E-state index in [0.29, 0.717) is 22.9 Å². The Morgan fingerprint density at radius 1 is 0.529 bits per heavy atom. The first kappa shape index (κ1) is 22.6. The molecule has 0 N–H and O–H groups in total. The molecule has 0 aromatic heterocycles. The van der Waals surface area contributed by atoms with Crippen molar-refractivity contribution in [1.29, 1.82) is 0 Å². The van der Waals surface area contributed by atoms with Gasteiger partial charge in [-0.3, -0.25) is 9.59 Å². The van der Waals surface area contributed by atoms with Gasteiger partial charge in [0, 0.05) is 45.8 Å². The molecule has 1 unspecified atom stereocenters. The Morgan fingerprint density at radius 3 is 1.29 bits per heavy atom. The fraction of sp³-hybridized carbons (Fsp3) is 0.133. The van der Waals surface area contributed by atoms with Gasteiger partial charge in [-0.15, -0.1) is 0 Å². The molecule has 0 amide bonds. The number of ketones is 2. The highest BCUT2D eigenvalue weighted by molar-refractivity contribution is 6.31. The van der Waals surface area contributed by atoms with Crippen LogP contribution >= 0.6 is 23.2 Å². The Bertz CT molecular complexity index is 1260. The molecule has 0 radical (unpaired) electrons. The molecule has 2 nitrogen and oxygen atoms in total. The maximum atomic E-state index is 11.9. The summed E-state index contributed by atoms with van der Waals surface area (Å²) >= 11 is 11.9. The monoisotopic (exact) mass is 484 g/mol. The first-order chi connectivity index (χ1) is 16.5. The SMILES string of the molecule is O=C1CC(c2ccccc2)c2ccc(Cl)cc21.O=C1C[C@H](c2ccccc2)c2ccc(Cl)cc21. The van der Waals surface area contributed by atoms with Gasteiger partial charge in [-0.05, 0) is 46.5 Å². The summed E-state index contributed by atoms with van der Waals surface area (Å²) in [6.07, 6.45) is 1.11. The van der Waals surface area contributed by atoms with Crippen LogP contribution in [-0.2, 0) is 0 Å². The Morgan fingerprint density at radius 2 is 0.912 bits per heavy atom. The van der Waals surface area contributed by atoms with Gasteiger partial charge in [-0.1, -0.05) is 96.0 Å². The number of rotatable bonds is 2. The van der Waals surface area contributed by atoms with E-state index in [1.165, 1.54) is 11.1 Å². The van der Waals surface area contributed by atoms with Crippen LogP contribution in [0, 0.1) is 0 Å². The number of benzene rings is 4. The molecule has 4 heteroatoms. The number of Topliss-reactive ketones (excluding diaryl/α,β-unsaturated/α-hetero) is 2. The molecule has 0 aliphatic heterocycles. The van der Waals surface area contributed by atoms with Crippen LogP contribution in [0.4, 0.5) is 0 Å². The maximum absolute atomic E-state index is 11.9. The maximum Gasteiger partial charge on any atom is 0.164 e. The minimum absolute atomic E-state index is 0.191. The molecule has 6 rings (SSSR count). The van der Waals surface area contributed by atoms with Crippen molar-refractivity contribution in [3.05, 3.63) is 140 Å². The molecule has 34 heavy (non-hydrogen) atoms. The third-order valence-corrected chi connectivity index (χ3v) is 7.04. The van der Waals surface area contributed by atoms with Crippen LogP contribution in [0.2, 0.25) is 10.0 Å². The predicted octanol–water partition coefficient (Wildman–Crippen LogP) is 8.12. The van der Waals surface area contributed by atoms with Gasteiger partial charge in [0.25, 0.3) is 0 Å². The average Bonchev–Trinajstić information content (AvgIpc) is 3.37. The highest BCUT2D eigenvalue weighted by Gasteiger charge is 2.31. The van der Waals surface area contributed by atoms with E-state index in [4.69, 9.17) is 23.2 Å². The summed E-state index contributed by atoms with van der Waals surface area (Å²) in [7, 11) is 0. The van der Waals surface area contributed by atoms with Crippen LogP contribution < -0.4 is 0 Å². The van der Waals surface area contributed by atoms with Crippen LogP contribution in [-0.4, -0.2) is 11.6 Å². The minimum atomic E-state index is 0.191. The lowest BCUT2D eigenvalue weighted by molar-refractivity contribution is 0.0983. The summed E-state index contributed by atoms with van der Waals surface area (Å²) in [6, 6.07) is 31.5. The lowest BCUT2D eigenvalue weighted by Crippen LogP contribution is -1.95. The van der Waals surface area contributed by atoms with Crippen LogP contribution in [0.1, 0.15) is 67.6 Å². The van der Waals surface area contributed by atoms with E-state index in [1.807, 2.05) is 60.7 Å². The van der Waals surface area contributed by atoms with Gasteiger partial charge in [0.15, 0.2) is 11.6 Å². The molecule has 168 valence electrons. The molecule has 0 spiro atoms. The van der Waals surface area contributed by atoms with Crippen molar-refractivity contribution in [1.82, 2.24) is 0 Å². The summed E-state index contributed by atoms with van der Waals surface area (Å²) in [5.41, 5.74) is 6.16. The number of hydrogen-bond donors (Lipinski definition) is 0. The Labute approximate surface area is 209 Å². The third-order valence-electron chi connectivity index (χ3n) is 6.57. The van der Waals surface area contributed by atoms with Gasteiger partial charge >= 0.3 is 0 Å². The van der Waals surface area contributed by atoms with Gasteiger partial charge in [0.05, 0.1) is 0 Å². The zero-order chi connectivity index (χ0) is 23.7. The van der Waals surface area contributed by atoms with Crippen LogP contribution in [0.3, 0.4) is 0 Å². The number of hydrogen-bond acceptors (Lipinski definition) is 2. The van der Waals surface area contributed by atoms with Crippen molar-refractivity contribution in [2.24, 2.45) is 0 Å². The molecule has 2 atom stereocenters. The quantitative estimate of drug-likeness (QED) is 0.287. The van der Waals surface area contributed by atoms with Crippen molar-refractivity contribution in [2.75, 3.05) is 0 Å². The molecular formula is C30H22Cl2O2. The molecule has 0 saturated heterocycles. The van der Waals surface area contributed by atoms with E-state index in [0.717, 1.165) is 22.3 Å². The molecule has 2 aliphatic rings. The second-order valence-corrected chi connectivity index (χ2v) is 9.52. The average molecular weight is 485 g/mol. The molecule has 4 aromatic rings. The minimum Gasteiger partial charge on any atom is -0.294 e. The van der Waals surface area contributed by atoms with Crippen molar-refractivity contribution >= 4 is 34.8 Å².